The normalized spacial score (nSPS) is 14.1. The summed E-state index contributed by atoms with van der Waals surface area (Å²) in [7, 11) is -9.91. The summed E-state index contributed by atoms with van der Waals surface area (Å²) in [6.07, 6.45) is 50.1. The van der Waals surface area contributed by atoms with Gasteiger partial charge in [-0.15, -0.1) is 0 Å². The Morgan fingerprint density at radius 2 is 0.495 bits per heavy atom. The summed E-state index contributed by atoms with van der Waals surface area (Å²) < 4.78 is 68.4. The molecule has 0 aliphatic carbocycles. The molecular weight excluding hydrogens is 1220 g/mol. The SMILES string of the molecule is CCCCCCCCCCCCCCCCCCCCC(=O)O[C@H](COC(=O)CCCCCCCCCCCCC(C)C)COP(=O)(O)OC[C@@H](O)COP(=O)(O)OC[C@@H](COC(=O)CCCCCCCCC(C)C)OC(=O)CCCCCCCCCCCCC(C)C. The van der Waals surface area contributed by atoms with Gasteiger partial charge in [0.15, 0.2) is 12.2 Å². The van der Waals surface area contributed by atoms with Crippen LogP contribution in [0.2, 0.25) is 0 Å². The first-order valence-corrected chi connectivity index (χ1v) is 41.3. The van der Waals surface area contributed by atoms with E-state index in [0.717, 1.165) is 108 Å². The van der Waals surface area contributed by atoms with E-state index in [0.29, 0.717) is 31.6 Å². The first kappa shape index (κ1) is 91.1. The maximum atomic E-state index is 13.1. The van der Waals surface area contributed by atoms with Crippen molar-refractivity contribution in [2.24, 2.45) is 17.8 Å². The van der Waals surface area contributed by atoms with E-state index in [1.807, 2.05) is 0 Å². The molecule has 0 aliphatic heterocycles. The van der Waals surface area contributed by atoms with Gasteiger partial charge in [0.1, 0.15) is 19.3 Å². The summed E-state index contributed by atoms with van der Waals surface area (Å²) in [6, 6.07) is 0. The molecule has 3 N–H and O–H groups in total. The van der Waals surface area contributed by atoms with Crippen LogP contribution in [-0.4, -0.2) is 96.7 Å². The number of hydrogen-bond donors (Lipinski definition) is 3. The minimum absolute atomic E-state index is 0.105. The van der Waals surface area contributed by atoms with Gasteiger partial charge in [-0.25, -0.2) is 9.13 Å². The molecule has 93 heavy (non-hydrogen) atoms. The molecule has 0 spiro atoms. The molecule has 19 heteroatoms. The van der Waals surface area contributed by atoms with Crippen molar-refractivity contribution >= 4 is 39.5 Å². The molecule has 0 heterocycles. The fraction of sp³-hybridized carbons (Fsp3) is 0.946. The Morgan fingerprint density at radius 3 is 0.731 bits per heavy atom. The van der Waals surface area contributed by atoms with E-state index in [1.54, 1.807) is 0 Å². The minimum atomic E-state index is -4.96. The van der Waals surface area contributed by atoms with Crippen LogP contribution in [0.3, 0.4) is 0 Å². The standard InChI is InChI=1S/C74H144O17P2/c1-8-9-10-11-12-13-14-15-16-17-18-19-20-21-29-34-43-50-57-73(78)90-69(61-84-71(76)55-48-41-33-28-24-22-26-31-38-45-52-65(2)3)63-88-92(80,81)86-59-68(75)60-87-93(82,83)89-64-70(62-85-72(77)56-49-42-37-36-40-47-54-67(6)7)91-74(79)58-51-44-35-30-25-23-27-32-39-46-53-66(4)5/h65-70,75H,8-64H2,1-7H3,(H,80,81)(H,82,83)/t68-,69-,70-/m1/s1. The maximum absolute atomic E-state index is 13.1. The third-order valence-electron chi connectivity index (χ3n) is 17.1. The number of phosphoric ester groups is 2. The molecule has 0 radical (unpaired) electrons. The lowest BCUT2D eigenvalue weighted by Gasteiger charge is -2.21. The maximum Gasteiger partial charge on any atom is 0.472 e. The average Bonchev–Trinajstić information content (AvgIpc) is 3.55. The van der Waals surface area contributed by atoms with Gasteiger partial charge in [-0.3, -0.25) is 37.3 Å². The van der Waals surface area contributed by atoms with E-state index in [2.05, 4.69) is 48.5 Å². The molecule has 0 saturated carbocycles. The first-order chi connectivity index (χ1) is 44.7. The Hall–Kier alpha value is -1.94. The second kappa shape index (κ2) is 64.7. The molecule has 0 rings (SSSR count). The highest BCUT2D eigenvalue weighted by Crippen LogP contribution is 2.45. The molecule has 0 aromatic carbocycles. The van der Waals surface area contributed by atoms with Crippen molar-refractivity contribution in [1.82, 2.24) is 0 Å². The van der Waals surface area contributed by atoms with E-state index in [1.165, 1.54) is 180 Å². The molecule has 0 aliphatic rings. The zero-order valence-corrected chi connectivity index (χ0v) is 62.5. The number of hydrogen-bond acceptors (Lipinski definition) is 15. The third-order valence-corrected chi connectivity index (χ3v) is 19.0. The van der Waals surface area contributed by atoms with Crippen LogP contribution in [-0.2, 0) is 65.4 Å². The second-order valence-corrected chi connectivity index (χ2v) is 31.0. The largest absolute Gasteiger partial charge is 0.472 e. The van der Waals surface area contributed by atoms with Gasteiger partial charge in [0, 0.05) is 25.7 Å². The van der Waals surface area contributed by atoms with Crippen molar-refractivity contribution in [3.8, 4) is 0 Å². The van der Waals surface area contributed by atoms with E-state index < -0.39 is 97.5 Å². The molecule has 5 atom stereocenters. The molecule has 17 nitrogen and oxygen atoms in total. The molecule has 2 unspecified atom stereocenters. The summed E-state index contributed by atoms with van der Waals surface area (Å²) in [5.74, 6) is 0.0671. The van der Waals surface area contributed by atoms with Gasteiger partial charge in [-0.05, 0) is 43.4 Å². The van der Waals surface area contributed by atoms with Crippen molar-refractivity contribution in [1.29, 1.82) is 0 Å². The Labute approximate surface area is 568 Å². The molecule has 0 amide bonds. The lowest BCUT2D eigenvalue weighted by atomic mass is 10.0. The van der Waals surface area contributed by atoms with Crippen LogP contribution in [0.4, 0.5) is 0 Å². The van der Waals surface area contributed by atoms with Crippen LogP contribution in [0.15, 0.2) is 0 Å². The van der Waals surface area contributed by atoms with Crippen LogP contribution < -0.4 is 0 Å². The highest BCUT2D eigenvalue weighted by atomic mass is 31.2. The number of ether oxygens (including phenoxy) is 4. The predicted molar refractivity (Wildman–Crippen MR) is 377 cm³/mol. The number of rotatable bonds is 72. The molecule has 0 aromatic rings. The van der Waals surface area contributed by atoms with Crippen molar-refractivity contribution < 1.29 is 80.2 Å². The van der Waals surface area contributed by atoms with Gasteiger partial charge in [0.25, 0.3) is 0 Å². The molecule has 0 fully saturated rings. The molecule has 552 valence electrons. The summed E-state index contributed by atoms with van der Waals surface area (Å²) in [6.45, 7) is 11.8. The lowest BCUT2D eigenvalue weighted by molar-refractivity contribution is -0.161. The van der Waals surface area contributed by atoms with Crippen LogP contribution in [0.5, 0.6) is 0 Å². The van der Waals surface area contributed by atoms with Gasteiger partial charge in [-0.2, -0.15) is 0 Å². The first-order valence-electron chi connectivity index (χ1n) is 38.3. The van der Waals surface area contributed by atoms with Crippen LogP contribution in [0.1, 0.15) is 376 Å². The fourth-order valence-electron chi connectivity index (χ4n) is 11.2. The summed E-state index contributed by atoms with van der Waals surface area (Å²) in [5, 5.41) is 10.6. The number of carbonyl (C=O) groups excluding carboxylic acids is 4. The van der Waals surface area contributed by atoms with Gasteiger partial charge in [0.2, 0.25) is 0 Å². The zero-order chi connectivity index (χ0) is 68.7. The molecule has 0 aromatic heterocycles. The minimum Gasteiger partial charge on any atom is -0.462 e. The fourth-order valence-corrected chi connectivity index (χ4v) is 12.8. The number of carbonyl (C=O) groups is 4. The smallest absolute Gasteiger partial charge is 0.462 e. The quantitative estimate of drug-likeness (QED) is 0.0222. The lowest BCUT2D eigenvalue weighted by Crippen LogP contribution is -2.30. The number of aliphatic hydroxyl groups is 1. The zero-order valence-electron chi connectivity index (χ0n) is 60.7. The Balaban J connectivity index is 5.23. The molecule has 0 saturated heterocycles. The van der Waals surface area contributed by atoms with Crippen molar-refractivity contribution in [3.63, 3.8) is 0 Å². The average molecular weight is 1370 g/mol. The number of phosphoric acid groups is 2. The number of esters is 4. The third kappa shape index (κ3) is 68.4. The van der Waals surface area contributed by atoms with E-state index in [-0.39, 0.29) is 25.7 Å². The van der Waals surface area contributed by atoms with Gasteiger partial charge in [0.05, 0.1) is 26.4 Å². The highest BCUT2D eigenvalue weighted by Gasteiger charge is 2.30. The van der Waals surface area contributed by atoms with Crippen molar-refractivity contribution in [2.45, 2.75) is 394 Å². The van der Waals surface area contributed by atoms with Crippen LogP contribution in [0.25, 0.3) is 0 Å². The van der Waals surface area contributed by atoms with Gasteiger partial charge < -0.3 is 33.8 Å². The Morgan fingerprint density at radius 1 is 0.290 bits per heavy atom. The Bertz CT molecular complexity index is 1820. The Kier molecular flexibility index (Phi) is 63.4. The van der Waals surface area contributed by atoms with E-state index in [9.17, 15) is 43.2 Å². The summed E-state index contributed by atoms with van der Waals surface area (Å²) >= 11 is 0. The van der Waals surface area contributed by atoms with Crippen molar-refractivity contribution in [3.05, 3.63) is 0 Å². The highest BCUT2D eigenvalue weighted by molar-refractivity contribution is 7.47. The summed E-state index contributed by atoms with van der Waals surface area (Å²) in [5.41, 5.74) is 0. The van der Waals surface area contributed by atoms with E-state index in [4.69, 9.17) is 37.0 Å². The van der Waals surface area contributed by atoms with E-state index >= 15 is 0 Å². The number of unbranched alkanes of at least 4 members (excludes halogenated alkanes) is 40. The number of aliphatic hydroxyl groups excluding tert-OH is 1. The predicted octanol–water partition coefficient (Wildman–Crippen LogP) is 21.4. The van der Waals surface area contributed by atoms with Crippen molar-refractivity contribution in [2.75, 3.05) is 39.6 Å². The molecule has 0 bridgehead atoms. The monoisotopic (exact) mass is 1370 g/mol. The summed E-state index contributed by atoms with van der Waals surface area (Å²) in [4.78, 5) is 72.7. The molecular formula is C74H144O17P2. The van der Waals surface area contributed by atoms with Gasteiger partial charge >= 0.3 is 39.5 Å². The van der Waals surface area contributed by atoms with Gasteiger partial charge in [-0.1, -0.05) is 325 Å². The topological polar surface area (TPSA) is 237 Å². The van der Waals surface area contributed by atoms with Crippen LogP contribution in [0, 0.1) is 17.8 Å². The van der Waals surface area contributed by atoms with Crippen LogP contribution >= 0.6 is 15.6 Å². The second-order valence-electron chi connectivity index (χ2n) is 28.1.